The normalized spacial score (nSPS) is 17.0. The van der Waals surface area contributed by atoms with Crippen molar-refractivity contribution in [3.8, 4) is 0 Å². The Morgan fingerprint density at radius 2 is 1.51 bits per heavy atom. The summed E-state index contributed by atoms with van der Waals surface area (Å²) in [6, 6.07) is 5.01. The van der Waals surface area contributed by atoms with Gasteiger partial charge in [-0.1, -0.05) is 30.3 Å². The Labute approximate surface area is 204 Å². The summed E-state index contributed by atoms with van der Waals surface area (Å²) in [5.41, 5.74) is -5.50. The third kappa shape index (κ3) is 10.4. The number of halogens is 3. The quantitative estimate of drug-likeness (QED) is 0.409. The van der Waals surface area contributed by atoms with Gasteiger partial charge < -0.3 is 19.9 Å². The van der Waals surface area contributed by atoms with Gasteiger partial charge >= 0.3 is 18.2 Å². The zero-order valence-electron chi connectivity index (χ0n) is 20.8. The molecule has 0 radical (unpaired) electrons. The molecule has 35 heavy (non-hydrogen) atoms. The number of ether oxygens (including phenoxy) is 2. The summed E-state index contributed by atoms with van der Waals surface area (Å²) in [6.07, 6.45) is -7.37. The minimum absolute atomic E-state index is 0.341. The van der Waals surface area contributed by atoms with Crippen LogP contribution in [0.15, 0.2) is 30.3 Å². The summed E-state index contributed by atoms with van der Waals surface area (Å²) in [4.78, 5) is 24.7. The predicted octanol–water partition coefficient (Wildman–Crippen LogP) is 4.50. The molecular weight excluding hydrogens is 489 g/mol. The fraction of sp³-hybridized carbons (Fsp3) is 0.652. The molecule has 1 aromatic rings. The van der Waals surface area contributed by atoms with Gasteiger partial charge in [0.2, 0.25) is 0 Å². The van der Waals surface area contributed by atoms with Crippen molar-refractivity contribution < 1.29 is 41.5 Å². The Balaban J connectivity index is 3.00. The molecule has 0 spiro atoms. The van der Waals surface area contributed by atoms with Crippen LogP contribution in [-0.2, 0) is 29.6 Å². The fourth-order valence-electron chi connectivity index (χ4n) is 2.96. The summed E-state index contributed by atoms with van der Waals surface area (Å²) in [5.74, 6) is -2.17. The number of alkyl carbamates (subject to hydrolysis) is 1. The second-order valence-electron chi connectivity index (χ2n) is 10.2. The Morgan fingerprint density at radius 1 is 1.00 bits per heavy atom. The highest BCUT2D eigenvalue weighted by atomic mass is 32.2. The van der Waals surface area contributed by atoms with E-state index in [4.69, 9.17) is 14.3 Å². The molecule has 3 atom stereocenters. The highest BCUT2D eigenvalue weighted by molar-refractivity contribution is 7.92. The standard InChI is InChI=1S/C23H35F3N2O6S/c1-20(2,3)33-18(29)17(28-19(30)34-21(4,5)6)12-14-35(27,32)15-13-22(31,23(24,25)26)16-10-8-7-9-11-16/h7-11,17,27,31H,12-15H2,1-6H3,(H,28,30)/t17-,22?,35-/m0/s1. The number of alkyl halides is 3. The first-order chi connectivity index (χ1) is 15.7. The van der Waals surface area contributed by atoms with Crippen LogP contribution in [-0.4, -0.2) is 56.3 Å². The van der Waals surface area contributed by atoms with E-state index in [-0.39, 0.29) is 6.42 Å². The lowest BCUT2D eigenvalue weighted by Crippen LogP contribution is -2.47. The maximum Gasteiger partial charge on any atom is 0.421 e. The minimum Gasteiger partial charge on any atom is -0.458 e. The zero-order valence-corrected chi connectivity index (χ0v) is 21.6. The van der Waals surface area contributed by atoms with Gasteiger partial charge in [0.1, 0.15) is 17.2 Å². The molecule has 0 aliphatic carbocycles. The van der Waals surface area contributed by atoms with Crippen LogP contribution < -0.4 is 5.32 Å². The second-order valence-corrected chi connectivity index (χ2v) is 12.7. The van der Waals surface area contributed by atoms with Gasteiger partial charge in [0.25, 0.3) is 0 Å². The molecule has 0 aromatic heterocycles. The Bertz CT molecular complexity index is 970. The average Bonchev–Trinajstić information content (AvgIpc) is 2.66. The molecule has 0 bridgehead atoms. The van der Waals surface area contributed by atoms with Crippen LogP contribution in [0, 0.1) is 4.78 Å². The molecular formula is C23H35F3N2O6S. The van der Waals surface area contributed by atoms with Gasteiger partial charge in [0.15, 0.2) is 5.60 Å². The van der Waals surface area contributed by atoms with E-state index < -0.39 is 74.3 Å². The van der Waals surface area contributed by atoms with E-state index in [1.54, 1.807) is 41.5 Å². The van der Waals surface area contributed by atoms with Crippen molar-refractivity contribution in [2.24, 2.45) is 0 Å². The zero-order chi connectivity index (χ0) is 27.3. The molecule has 1 amide bonds. The maximum atomic E-state index is 13.7. The second kappa shape index (κ2) is 11.2. The van der Waals surface area contributed by atoms with E-state index >= 15 is 0 Å². The lowest BCUT2D eigenvalue weighted by atomic mass is 9.90. The molecule has 0 aliphatic rings. The molecule has 0 aliphatic heterocycles. The molecule has 200 valence electrons. The first-order valence-corrected chi connectivity index (χ1v) is 12.9. The molecule has 1 unspecified atom stereocenters. The van der Waals surface area contributed by atoms with Gasteiger partial charge in [0, 0.05) is 27.7 Å². The third-order valence-electron chi connectivity index (χ3n) is 4.63. The molecule has 12 heteroatoms. The SMILES string of the molecule is CC(C)(C)OC(=O)N[C@@H](CC[S@](=N)(=O)CCC(O)(c1ccccc1)C(F)(F)F)C(=O)OC(C)(C)C. The Hall–Kier alpha value is -2.34. The highest BCUT2D eigenvalue weighted by Gasteiger charge is 2.54. The van der Waals surface area contributed by atoms with Crippen molar-refractivity contribution in [2.75, 3.05) is 11.5 Å². The molecule has 0 fully saturated rings. The summed E-state index contributed by atoms with van der Waals surface area (Å²) in [5, 5.41) is 12.7. The number of carbonyl (C=O) groups is 2. The van der Waals surface area contributed by atoms with Crippen LogP contribution in [0.2, 0.25) is 0 Å². The van der Waals surface area contributed by atoms with Gasteiger partial charge in [-0.25, -0.2) is 13.8 Å². The van der Waals surface area contributed by atoms with Crippen molar-refractivity contribution in [3.05, 3.63) is 35.9 Å². The van der Waals surface area contributed by atoms with Crippen molar-refractivity contribution >= 4 is 21.8 Å². The van der Waals surface area contributed by atoms with Crippen LogP contribution in [0.25, 0.3) is 0 Å². The number of esters is 1. The van der Waals surface area contributed by atoms with Crippen molar-refractivity contribution in [1.29, 1.82) is 4.78 Å². The first kappa shape index (κ1) is 30.7. The predicted molar refractivity (Wildman–Crippen MR) is 125 cm³/mol. The van der Waals surface area contributed by atoms with Crippen molar-refractivity contribution in [3.63, 3.8) is 0 Å². The van der Waals surface area contributed by atoms with Gasteiger partial charge in [0.05, 0.1) is 0 Å². The Kier molecular flexibility index (Phi) is 9.78. The lowest BCUT2D eigenvalue weighted by Gasteiger charge is -2.31. The van der Waals surface area contributed by atoms with E-state index in [1.807, 2.05) is 0 Å². The molecule has 1 aromatic carbocycles. The molecule has 8 nitrogen and oxygen atoms in total. The Morgan fingerprint density at radius 3 is 1.97 bits per heavy atom. The van der Waals surface area contributed by atoms with Gasteiger partial charge in [-0.3, -0.25) is 4.78 Å². The van der Waals surface area contributed by atoms with Crippen LogP contribution in [0.5, 0.6) is 0 Å². The van der Waals surface area contributed by atoms with Crippen molar-refractivity contribution in [1.82, 2.24) is 5.32 Å². The summed E-state index contributed by atoms with van der Waals surface area (Å²) >= 11 is 0. The molecule has 0 saturated heterocycles. The van der Waals surface area contributed by atoms with Crippen molar-refractivity contribution in [2.45, 2.75) is 83.4 Å². The number of hydrogen-bond donors (Lipinski definition) is 3. The van der Waals surface area contributed by atoms with Crippen LogP contribution in [0.4, 0.5) is 18.0 Å². The summed E-state index contributed by atoms with van der Waals surface area (Å²) in [6.45, 7) is 9.64. The van der Waals surface area contributed by atoms with E-state index in [2.05, 4.69) is 5.32 Å². The van der Waals surface area contributed by atoms with Gasteiger partial charge in [-0.05, 0) is 53.5 Å². The number of aliphatic hydroxyl groups is 1. The molecule has 1 rings (SSSR count). The number of benzene rings is 1. The van der Waals surface area contributed by atoms with Gasteiger partial charge in [-0.2, -0.15) is 13.2 Å². The van der Waals surface area contributed by atoms with Crippen LogP contribution in [0.3, 0.4) is 0 Å². The largest absolute Gasteiger partial charge is 0.458 e. The number of rotatable bonds is 9. The van der Waals surface area contributed by atoms with E-state index in [1.165, 1.54) is 18.2 Å². The molecule has 0 heterocycles. The third-order valence-corrected chi connectivity index (χ3v) is 6.39. The maximum absolute atomic E-state index is 13.7. The smallest absolute Gasteiger partial charge is 0.421 e. The first-order valence-electron chi connectivity index (χ1n) is 11.0. The van der Waals surface area contributed by atoms with E-state index in [9.17, 15) is 32.1 Å². The number of hydrogen-bond acceptors (Lipinski definition) is 7. The van der Waals surface area contributed by atoms with Crippen LogP contribution in [0.1, 0.15) is 59.9 Å². The molecule has 0 saturated carbocycles. The van der Waals surface area contributed by atoms with Gasteiger partial charge in [-0.15, -0.1) is 0 Å². The highest BCUT2D eigenvalue weighted by Crippen LogP contribution is 2.41. The average molecular weight is 525 g/mol. The topological polar surface area (TPSA) is 126 Å². The minimum atomic E-state index is -5.07. The number of nitrogens with one attached hydrogen (secondary N) is 2. The van der Waals surface area contributed by atoms with E-state index in [0.29, 0.717) is 0 Å². The number of carbonyl (C=O) groups excluding carboxylic acids is 2. The fourth-order valence-corrected chi connectivity index (χ4v) is 4.40. The lowest BCUT2D eigenvalue weighted by molar-refractivity contribution is -0.267. The number of amides is 1. The monoisotopic (exact) mass is 524 g/mol. The molecule has 3 N–H and O–H groups in total. The summed E-state index contributed by atoms with van der Waals surface area (Å²) < 4.78 is 72.3. The summed E-state index contributed by atoms with van der Waals surface area (Å²) in [7, 11) is -3.69. The van der Waals surface area contributed by atoms with Crippen LogP contribution >= 0.6 is 0 Å². The van der Waals surface area contributed by atoms with E-state index in [0.717, 1.165) is 12.1 Å².